The van der Waals surface area contributed by atoms with Gasteiger partial charge >= 0.3 is 0 Å². The smallest absolute Gasteiger partial charge is 0.0236 e. The maximum Gasteiger partial charge on any atom is -0.0236 e. The zero-order valence-electron chi connectivity index (χ0n) is 7.02. The molecule has 0 saturated carbocycles. The predicted molar refractivity (Wildman–Crippen MR) is 43.4 cm³/mol. The third-order valence-electron chi connectivity index (χ3n) is 2.25. The molecule has 0 spiro atoms. The van der Waals surface area contributed by atoms with Gasteiger partial charge in [0.15, 0.2) is 0 Å². The molecular formula is C9H18. The van der Waals surface area contributed by atoms with E-state index in [2.05, 4.69) is 34.3 Å². The van der Waals surface area contributed by atoms with Gasteiger partial charge in [-0.25, -0.2) is 0 Å². The summed E-state index contributed by atoms with van der Waals surface area (Å²) >= 11 is 0. The lowest BCUT2D eigenvalue weighted by molar-refractivity contribution is 0.343. The number of rotatable bonds is 3. The van der Waals surface area contributed by atoms with E-state index in [0.717, 1.165) is 11.8 Å². The van der Waals surface area contributed by atoms with Gasteiger partial charge in [0, 0.05) is 0 Å². The number of hydrogen-bond donors (Lipinski definition) is 0. The fraction of sp³-hybridized carbons (Fsp3) is 0.778. The maximum absolute atomic E-state index is 3.76. The first-order valence-electron chi connectivity index (χ1n) is 3.72. The summed E-state index contributed by atoms with van der Waals surface area (Å²) in [7, 11) is 0. The van der Waals surface area contributed by atoms with Crippen LogP contribution in [0, 0.1) is 17.8 Å². The molecule has 9 heavy (non-hydrogen) atoms. The molecule has 2 unspecified atom stereocenters. The van der Waals surface area contributed by atoms with Crippen molar-refractivity contribution in [2.24, 2.45) is 17.8 Å². The molecule has 0 radical (unpaired) electrons. The van der Waals surface area contributed by atoms with Gasteiger partial charge in [0.1, 0.15) is 0 Å². The van der Waals surface area contributed by atoms with Crippen molar-refractivity contribution in [3.8, 4) is 0 Å². The summed E-state index contributed by atoms with van der Waals surface area (Å²) in [5.41, 5.74) is 0. The van der Waals surface area contributed by atoms with Crippen LogP contribution in [0.15, 0.2) is 12.7 Å². The van der Waals surface area contributed by atoms with Gasteiger partial charge in [-0.2, -0.15) is 0 Å². The highest BCUT2D eigenvalue weighted by molar-refractivity contribution is 4.80. The largest absolute Gasteiger partial charge is 0.103 e. The molecule has 0 rings (SSSR count). The standard InChI is InChI=1S/C9H18/c1-6-8(4)9(5)7(2)3/h6-9H,1H2,2-5H3. The second-order valence-corrected chi connectivity index (χ2v) is 3.20. The first-order valence-corrected chi connectivity index (χ1v) is 3.72. The molecule has 0 aliphatic rings. The molecule has 0 fully saturated rings. The Bertz CT molecular complexity index is 82.0. The van der Waals surface area contributed by atoms with Gasteiger partial charge in [-0.3, -0.25) is 0 Å². The van der Waals surface area contributed by atoms with E-state index >= 15 is 0 Å². The molecule has 0 aromatic carbocycles. The van der Waals surface area contributed by atoms with Crippen LogP contribution in [0.4, 0.5) is 0 Å². The van der Waals surface area contributed by atoms with Crippen molar-refractivity contribution in [3.63, 3.8) is 0 Å². The molecule has 0 aliphatic heterocycles. The maximum atomic E-state index is 3.76. The topological polar surface area (TPSA) is 0 Å². The second kappa shape index (κ2) is 3.71. The monoisotopic (exact) mass is 126 g/mol. The highest BCUT2D eigenvalue weighted by atomic mass is 14.2. The lowest BCUT2D eigenvalue weighted by atomic mass is 9.86. The van der Waals surface area contributed by atoms with Crippen LogP contribution >= 0.6 is 0 Å². The Hall–Kier alpha value is -0.260. The fourth-order valence-corrected chi connectivity index (χ4v) is 0.822. The van der Waals surface area contributed by atoms with Crippen LogP contribution in [0.25, 0.3) is 0 Å². The van der Waals surface area contributed by atoms with Crippen LogP contribution in [0.1, 0.15) is 27.7 Å². The molecule has 2 atom stereocenters. The van der Waals surface area contributed by atoms with Crippen molar-refractivity contribution in [1.82, 2.24) is 0 Å². The first-order chi connectivity index (χ1) is 4.09. The lowest BCUT2D eigenvalue weighted by Gasteiger charge is -2.19. The van der Waals surface area contributed by atoms with Gasteiger partial charge in [0.2, 0.25) is 0 Å². The van der Waals surface area contributed by atoms with Crippen molar-refractivity contribution in [3.05, 3.63) is 12.7 Å². The Morgan fingerprint density at radius 2 is 1.56 bits per heavy atom. The van der Waals surface area contributed by atoms with Crippen LogP contribution in [0.5, 0.6) is 0 Å². The Balaban J connectivity index is 3.71. The molecule has 0 amide bonds. The third-order valence-corrected chi connectivity index (χ3v) is 2.25. The van der Waals surface area contributed by atoms with Gasteiger partial charge in [0.05, 0.1) is 0 Å². The number of hydrogen-bond acceptors (Lipinski definition) is 0. The fourth-order valence-electron chi connectivity index (χ4n) is 0.822. The summed E-state index contributed by atoms with van der Waals surface area (Å²) in [6, 6.07) is 0. The van der Waals surface area contributed by atoms with Crippen LogP contribution in [-0.4, -0.2) is 0 Å². The first kappa shape index (κ1) is 8.74. The molecule has 0 heteroatoms. The summed E-state index contributed by atoms with van der Waals surface area (Å²) in [4.78, 5) is 0. The zero-order valence-corrected chi connectivity index (χ0v) is 7.02. The summed E-state index contributed by atoms with van der Waals surface area (Å²) in [6.07, 6.45) is 2.03. The van der Waals surface area contributed by atoms with E-state index in [-0.39, 0.29) is 0 Å². The summed E-state index contributed by atoms with van der Waals surface area (Å²) in [5, 5.41) is 0. The molecule has 0 heterocycles. The SMILES string of the molecule is C=CC(C)C(C)C(C)C. The van der Waals surface area contributed by atoms with Crippen molar-refractivity contribution in [1.29, 1.82) is 0 Å². The highest BCUT2D eigenvalue weighted by Gasteiger charge is 2.11. The molecule has 0 bridgehead atoms. The zero-order chi connectivity index (χ0) is 7.44. The average Bonchev–Trinajstić information content (AvgIpc) is 1.84. The molecule has 0 N–H and O–H groups in total. The molecule has 0 aromatic rings. The molecule has 0 saturated heterocycles. The minimum absolute atomic E-state index is 0.657. The molecule has 54 valence electrons. The van der Waals surface area contributed by atoms with E-state index in [1.54, 1.807) is 0 Å². The third kappa shape index (κ3) is 2.69. The van der Waals surface area contributed by atoms with Crippen molar-refractivity contribution >= 4 is 0 Å². The average molecular weight is 126 g/mol. The quantitative estimate of drug-likeness (QED) is 0.510. The van der Waals surface area contributed by atoms with Crippen LogP contribution < -0.4 is 0 Å². The van der Waals surface area contributed by atoms with Crippen molar-refractivity contribution < 1.29 is 0 Å². The summed E-state index contributed by atoms with van der Waals surface area (Å²) < 4.78 is 0. The van der Waals surface area contributed by atoms with Crippen LogP contribution in [0.3, 0.4) is 0 Å². The molecule has 0 aromatic heterocycles. The van der Waals surface area contributed by atoms with Crippen molar-refractivity contribution in [2.75, 3.05) is 0 Å². The summed E-state index contributed by atoms with van der Waals surface area (Å²) in [5.74, 6) is 2.20. The van der Waals surface area contributed by atoms with Crippen molar-refractivity contribution in [2.45, 2.75) is 27.7 Å². The van der Waals surface area contributed by atoms with E-state index in [9.17, 15) is 0 Å². The van der Waals surface area contributed by atoms with Gasteiger partial charge < -0.3 is 0 Å². The van der Waals surface area contributed by atoms with E-state index in [4.69, 9.17) is 0 Å². The highest BCUT2D eigenvalue weighted by Crippen LogP contribution is 2.19. The number of allylic oxidation sites excluding steroid dienone is 1. The minimum atomic E-state index is 0.657. The van der Waals surface area contributed by atoms with Crippen LogP contribution in [0.2, 0.25) is 0 Å². The molecule has 0 nitrogen and oxygen atoms in total. The van der Waals surface area contributed by atoms with E-state index in [1.807, 2.05) is 6.08 Å². The molecule has 0 aliphatic carbocycles. The van der Waals surface area contributed by atoms with Gasteiger partial charge in [0.25, 0.3) is 0 Å². The normalized spacial score (nSPS) is 17.4. The Labute approximate surface area is 59.0 Å². The van der Waals surface area contributed by atoms with Gasteiger partial charge in [-0.05, 0) is 17.8 Å². The lowest BCUT2D eigenvalue weighted by Crippen LogP contribution is -2.11. The van der Waals surface area contributed by atoms with E-state index in [1.165, 1.54) is 0 Å². The van der Waals surface area contributed by atoms with E-state index in [0.29, 0.717) is 5.92 Å². The minimum Gasteiger partial charge on any atom is -0.103 e. The Morgan fingerprint density at radius 3 is 1.67 bits per heavy atom. The Kier molecular flexibility index (Phi) is 3.60. The van der Waals surface area contributed by atoms with Gasteiger partial charge in [-0.15, -0.1) is 6.58 Å². The Morgan fingerprint density at radius 1 is 1.11 bits per heavy atom. The van der Waals surface area contributed by atoms with E-state index < -0.39 is 0 Å². The second-order valence-electron chi connectivity index (χ2n) is 3.20. The summed E-state index contributed by atoms with van der Waals surface area (Å²) in [6.45, 7) is 12.8. The molecular weight excluding hydrogens is 108 g/mol. The predicted octanol–water partition coefficient (Wildman–Crippen LogP) is 3.10. The van der Waals surface area contributed by atoms with Gasteiger partial charge in [-0.1, -0.05) is 33.8 Å². The van der Waals surface area contributed by atoms with Crippen LogP contribution in [-0.2, 0) is 0 Å².